The van der Waals surface area contributed by atoms with Gasteiger partial charge >= 0.3 is 0 Å². The van der Waals surface area contributed by atoms with E-state index in [1.807, 2.05) is 6.20 Å². The third-order valence-electron chi connectivity index (χ3n) is 8.03. The molecule has 4 nitrogen and oxygen atoms in total. The quantitative estimate of drug-likeness (QED) is 0.830. The van der Waals surface area contributed by atoms with Crippen molar-refractivity contribution in [1.29, 1.82) is 0 Å². The Bertz CT molecular complexity index is 814. The molecule has 2 heterocycles. The predicted octanol–water partition coefficient (Wildman–Crippen LogP) is 4.12. The molecule has 2 fully saturated rings. The number of carbonyl (C=O) groups excluding carboxylic acids is 1. The summed E-state index contributed by atoms with van der Waals surface area (Å²) in [4.78, 5) is 20.8. The van der Waals surface area contributed by atoms with Crippen molar-refractivity contribution in [3.05, 3.63) is 42.1 Å². The van der Waals surface area contributed by atoms with Gasteiger partial charge in [0.15, 0.2) is 0 Å². The molecule has 1 saturated heterocycles. The van der Waals surface area contributed by atoms with Crippen LogP contribution in [0.25, 0.3) is 5.57 Å². The van der Waals surface area contributed by atoms with Crippen molar-refractivity contribution in [2.24, 2.45) is 28.6 Å². The molecule has 26 heavy (non-hydrogen) atoms. The minimum Gasteiger partial charge on any atom is -0.330 e. The Morgan fingerprint density at radius 2 is 1.96 bits per heavy atom. The Balaban J connectivity index is 1.49. The van der Waals surface area contributed by atoms with Gasteiger partial charge in [-0.05, 0) is 60.8 Å². The van der Waals surface area contributed by atoms with Crippen molar-refractivity contribution in [2.75, 3.05) is 0 Å². The molecular formula is C22H27N3O. The monoisotopic (exact) mass is 349 g/mol. The second-order valence-electron chi connectivity index (χ2n) is 9.10. The van der Waals surface area contributed by atoms with Gasteiger partial charge in [-0.2, -0.15) is 0 Å². The summed E-state index contributed by atoms with van der Waals surface area (Å²) < 4.78 is 0. The molecule has 1 aromatic heterocycles. The van der Waals surface area contributed by atoms with Crippen molar-refractivity contribution in [2.45, 2.75) is 52.4 Å². The van der Waals surface area contributed by atoms with E-state index >= 15 is 0 Å². The summed E-state index contributed by atoms with van der Waals surface area (Å²) in [5.74, 6) is 2.24. The Hall–Kier alpha value is -1.97. The summed E-state index contributed by atoms with van der Waals surface area (Å²) in [6.07, 6.45) is 16.6. The maximum absolute atomic E-state index is 11.9. The fourth-order valence-electron chi connectivity index (χ4n) is 6.60. The fraction of sp³-hybridized carbons (Fsp3) is 0.591. The molecule has 1 amide bonds. The van der Waals surface area contributed by atoms with Crippen LogP contribution in [0.15, 0.2) is 36.4 Å². The third kappa shape index (κ3) is 2.11. The molecule has 5 atom stereocenters. The zero-order valence-electron chi connectivity index (χ0n) is 15.7. The first-order valence-electron chi connectivity index (χ1n) is 10.00. The first-order chi connectivity index (χ1) is 12.5. The van der Waals surface area contributed by atoms with Gasteiger partial charge in [-0.3, -0.25) is 14.8 Å². The van der Waals surface area contributed by atoms with E-state index in [2.05, 4.69) is 41.3 Å². The normalized spacial score (nSPS) is 41.3. The molecule has 0 unspecified atom stereocenters. The van der Waals surface area contributed by atoms with Gasteiger partial charge in [0, 0.05) is 29.9 Å². The second-order valence-corrected chi connectivity index (χ2v) is 9.10. The standard InChI is InChI=1S/C22H27N3O/c1-21-9-7-16-14(3-6-19-22(16,2)10-8-20(26)25-19)15(21)4-5-17(21)18-13-23-11-12-24-18/h5-6,11-16H,3-4,7-10H2,1-2H3,(H,25,26)/t14-,15-,16-,21-,22+/m0/s1. The fourth-order valence-corrected chi connectivity index (χ4v) is 6.60. The molecule has 0 aromatic carbocycles. The lowest BCUT2D eigenvalue weighted by Gasteiger charge is -2.56. The van der Waals surface area contributed by atoms with Gasteiger partial charge in [0.1, 0.15) is 0 Å². The Kier molecular flexibility index (Phi) is 3.44. The van der Waals surface area contributed by atoms with Gasteiger partial charge < -0.3 is 5.32 Å². The largest absolute Gasteiger partial charge is 0.330 e. The van der Waals surface area contributed by atoms with E-state index in [-0.39, 0.29) is 16.7 Å². The molecular weight excluding hydrogens is 322 g/mol. The van der Waals surface area contributed by atoms with Crippen LogP contribution in [-0.2, 0) is 4.79 Å². The van der Waals surface area contributed by atoms with Crippen LogP contribution in [0.2, 0.25) is 0 Å². The number of allylic oxidation sites excluding steroid dienone is 4. The smallest absolute Gasteiger partial charge is 0.224 e. The number of rotatable bonds is 1. The van der Waals surface area contributed by atoms with E-state index < -0.39 is 0 Å². The van der Waals surface area contributed by atoms with Crippen molar-refractivity contribution in [1.82, 2.24) is 15.3 Å². The topological polar surface area (TPSA) is 54.9 Å². The average Bonchev–Trinajstić information content (AvgIpc) is 3.00. The molecule has 5 rings (SSSR count). The molecule has 1 aliphatic heterocycles. The van der Waals surface area contributed by atoms with E-state index in [0.29, 0.717) is 24.2 Å². The van der Waals surface area contributed by atoms with Crippen molar-refractivity contribution in [3.8, 4) is 0 Å². The van der Waals surface area contributed by atoms with E-state index in [9.17, 15) is 4.79 Å². The Morgan fingerprint density at radius 3 is 2.77 bits per heavy atom. The van der Waals surface area contributed by atoms with Gasteiger partial charge in [-0.1, -0.05) is 26.0 Å². The first kappa shape index (κ1) is 16.2. The van der Waals surface area contributed by atoms with Crippen LogP contribution in [0.5, 0.6) is 0 Å². The minimum absolute atomic E-state index is 0.146. The SMILES string of the molecule is C[C@]12CCC(=O)NC1=CC[C@@H]1[C@@H]2CC[C@]2(C)C(c3cnccn3)=CC[C@@H]12. The number of nitrogens with one attached hydrogen (secondary N) is 1. The number of hydrogen-bond acceptors (Lipinski definition) is 3. The summed E-state index contributed by atoms with van der Waals surface area (Å²) in [7, 11) is 0. The summed E-state index contributed by atoms with van der Waals surface area (Å²) >= 11 is 0. The molecule has 1 saturated carbocycles. The molecule has 1 N–H and O–H groups in total. The van der Waals surface area contributed by atoms with Gasteiger partial charge in [0.2, 0.25) is 5.91 Å². The Labute approximate surface area is 155 Å². The van der Waals surface area contributed by atoms with E-state index in [1.54, 1.807) is 12.4 Å². The molecule has 0 bridgehead atoms. The molecule has 136 valence electrons. The van der Waals surface area contributed by atoms with Crippen molar-refractivity contribution >= 4 is 11.5 Å². The van der Waals surface area contributed by atoms with Crippen LogP contribution < -0.4 is 5.32 Å². The van der Waals surface area contributed by atoms with Gasteiger partial charge in [-0.15, -0.1) is 0 Å². The van der Waals surface area contributed by atoms with E-state index in [0.717, 1.165) is 25.0 Å². The maximum Gasteiger partial charge on any atom is 0.224 e. The summed E-state index contributed by atoms with van der Waals surface area (Å²) in [6.45, 7) is 4.84. The van der Waals surface area contributed by atoms with Gasteiger partial charge in [-0.25, -0.2) is 0 Å². The highest BCUT2D eigenvalue weighted by atomic mass is 16.1. The molecule has 0 spiro atoms. The highest BCUT2D eigenvalue weighted by Crippen LogP contribution is 2.65. The molecule has 3 aliphatic carbocycles. The summed E-state index contributed by atoms with van der Waals surface area (Å²) in [6, 6.07) is 0. The molecule has 1 aromatic rings. The molecule has 0 radical (unpaired) electrons. The number of aromatic nitrogens is 2. The highest BCUT2D eigenvalue weighted by molar-refractivity contribution is 5.79. The predicted molar refractivity (Wildman–Crippen MR) is 101 cm³/mol. The maximum atomic E-state index is 11.9. The number of amides is 1. The molecule has 4 aliphatic rings. The van der Waals surface area contributed by atoms with Crippen LogP contribution in [0, 0.1) is 28.6 Å². The number of piperidine rings is 1. The summed E-state index contributed by atoms with van der Waals surface area (Å²) in [5, 5.41) is 3.19. The lowest BCUT2D eigenvalue weighted by molar-refractivity contribution is -0.124. The number of carbonyl (C=O) groups is 1. The summed E-state index contributed by atoms with van der Waals surface area (Å²) in [5.41, 5.74) is 4.02. The average molecular weight is 349 g/mol. The van der Waals surface area contributed by atoms with Crippen LogP contribution in [0.4, 0.5) is 0 Å². The lowest BCUT2D eigenvalue weighted by Crippen LogP contribution is -2.52. The van der Waals surface area contributed by atoms with Crippen molar-refractivity contribution in [3.63, 3.8) is 0 Å². The molecule has 4 heteroatoms. The number of fused-ring (bicyclic) bond motifs is 5. The zero-order valence-corrected chi connectivity index (χ0v) is 15.7. The zero-order chi connectivity index (χ0) is 17.9. The van der Waals surface area contributed by atoms with Crippen molar-refractivity contribution < 1.29 is 4.79 Å². The van der Waals surface area contributed by atoms with Crippen LogP contribution in [0.1, 0.15) is 58.1 Å². The van der Waals surface area contributed by atoms with Crippen LogP contribution in [-0.4, -0.2) is 15.9 Å². The highest BCUT2D eigenvalue weighted by Gasteiger charge is 2.57. The van der Waals surface area contributed by atoms with Crippen LogP contribution >= 0.6 is 0 Å². The van der Waals surface area contributed by atoms with Crippen LogP contribution in [0.3, 0.4) is 0 Å². The van der Waals surface area contributed by atoms with E-state index in [1.165, 1.54) is 24.1 Å². The number of nitrogens with zero attached hydrogens (tertiary/aromatic N) is 2. The Morgan fingerprint density at radius 1 is 1.08 bits per heavy atom. The first-order valence-corrected chi connectivity index (χ1v) is 10.00. The minimum atomic E-state index is 0.146. The second kappa shape index (κ2) is 5.51. The third-order valence-corrected chi connectivity index (χ3v) is 8.03. The van der Waals surface area contributed by atoms with E-state index in [4.69, 9.17) is 0 Å². The number of hydrogen-bond donors (Lipinski definition) is 1. The van der Waals surface area contributed by atoms with Gasteiger partial charge in [0.05, 0.1) is 11.9 Å². The lowest BCUT2D eigenvalue weighted by atomic mass is 9.49. The van der Waals surface area contributed by atoms with Gasteiger partial charge in [0.25, 0.3) is 0 Å².